The summed E-state index contributed by atoms with van der Waals surface area (Å²) >= 11 is 1.53. The van der Waals surface area contributed by atoms with Crippen molar-refractivity contribution in [2.24, 2.45) is 0 Å². The van der Waals surface area contributed by atoms with Gasteiger partial charge < -0.3 is 4.98 Å². The molecule has 1 aromatic carbocycles. The average Bonchev–Trinajstić information content (AvgIpc) is 3.48. The molecule has 1 unspecified atom stereocenters. The van der Waals surface area contributed by atoms with Crippen LogP contribution < -0.4 is 4.90 Å². The number of hydrogen-bond acceptors (Lipinski definition) is 7. The first-order valence-corrected chi connectivity index (χ1v) is 11.8. The molecule has 1 fully saturated rings. The number of aromatic nitrogens is 6. The van der Waals surface area contributed by atoms with Gasteiger partial charge in [-0.3, -0.25) is 14.7 Å². The number of pyridine rings is 1. The molecule has 4 aromatic heterocycles. The number of carbonyl (C=O) groups is 1. The van der Waals surface area contributed by atoms with Crippen LogP contribution in [0.3, 0.4) is 0 Å². The van der Waals surface area contributed by atoms with Gasteiger partial charge in [0.15, 0.2) is 0 Å². The number of nitrogens with zero attached hydrogens (tertiary/aromatic N) is 6. The molecule has 8 nitrogen and oxygen atoms in total. The van der Waals surface area contributed by atoms with Crippen molar-refractivity contribution in [3.05, 3.63) is 84.8 Å². The van der Waals surface area contributed by atoms with E-state index in [-0.39, 0.29) is 11.3 Å². The molecule has 5 heterocycles. The lowest BCUT2D eigenvalue weighted by Crippen LogP contribution is -2.30. The second kappa shape index (κ2) is 8.35. The van der Waals surface area contributed by atoms with E-state index in [2.05, 4.69) is 19.9 Å². The van der Waals surface area contributed by atoms with E-state index in [1.54, 1.807) is 23.5 Å². The van der Waals surface area contributed by atoms with Crippen LogP contribution in [0.25, 0.3) is 33.4 Å². The van der Waals surface area contributed by atoms with Gasteiger partial charge in [0.05, 0.1) is 22.8 Å². The van der Waals surface area contributed by atoms with Crippen molar-refractivity contribution in [1.29, 1.82) is 0 Å². The Labute approximate surface area is 199 Å². The molecule has 1 aliphatic heterocycles. The standard InChI is InChI=1S/C25H19N7OS/c1-15-5-4-8-28-23(15)24-32(22(33)13-34-24)25-30-20(16-10-26-14-27-11-16)9-21(31-25)18-12-29-19-7-3-2-6-17(18)19/h2-12,14,24,29H,13H2,1H3. The van der Waals surface area contributed by atoms with E-state index in [0.29, 0.717) is 23.1 Å². The fraction of sp³-hybridized carbons (Fsp3) is 0.120. The first kappa shape index (κ1) is 20.5. The lowest BCUT2D eigenvalue weighted by atomic mass is 10.1. The third kappa shape index (κ3) is 3.50. The first-order valence-electron chi connectivity index (χ1n) is 10.7. The highest BCUT2D eigenvalue weighted by atomic mass is 32.2. The number of para-hydroxylation sites is 1. The Bertz CT molecular complexity index is 1520. The molecular weight excluding hydrogens is 446 g/mol. The molecule has 0 saturated carbocycles. The maximum atomic E-state index is 13.1. The quantitative estimate of drug-likeness (QED) is 0.415. The molecule has 34 heavy (non-hydrogen) atoms. The third-order valence-electron chi connectivity index (χ3n) is 5.80. The van der Waals surface area contributed by atoms with Gasteiger partial charge in [-0.2, -0.15) is 0 Å². The zero-order chi connectivity index (χ0) is 23.1. The molecule has 1 N–H and O–H groups in total. The molecule has 0 radical (unpaired) electrons. The number of hydrogen-bond donors (Lipinski definition) is 1. The lowest BCUT2D eigenvalue weighted by molar-refractivity contribution is -0.115. The van der Waals surface area contributed by atoms with Gasteiger partial charge in [0.1, 0.15) is 11.7 Å². The van der Waals surface area contributed by atoms with Crippen LogP contribution in [-0.4, -0.2) is 41.6 Å². The molecule has 9 heteroatoms. The van der Waals surface area contributed by atoms with Gasteiger partial charge >= 0.3 is 0 Å². The van der Waals surface area contributed by atoms with Crippen molar-refractivity contribution in [2.45, 2.75) is 12.3 Å². The fourth-order valence-corrected chi connectivity index (χ4v) is 5.35. The number of H-pyrrole nitrogens is 1. The topological polar surface area (TPSA) is 101 Å². The van der Waals surface area contributed by atoms with Crippen LogP contribution >= 0.6 is 11.8 Å². The SMILES string of the molecule is Cc1cccnc1C1SCC(=O)N1c1nc(-c2cncnc2)cc(-c2c[nH]c3ccccc23)n1. The number of benzene rings is 1. The molecule has 6 rings (SSSR count). The van der Waals surface area contributed by atoms with Gasteiger partial charge in [0, 0.05) is 46.8 Å². The van der Waals surface area contributed by atoms with Crippen LogP contribution in [-0.2, 0) is 4.79 Å². The Morgan fingerprint density at radius 3 is 2.74 bits per heavy atom. The maximum Gasteiger partial charge on any atom is 0.240 e. The Hall–Kier alpha value is -4.11. The zero-order valence-corrected chi connectivity index (χ0v) is 19.0. The highest BCUT2D eigenvalue weighted by Crippen LogP contribution is 2.42. The Morgan fingerprint density at radius 1 is 1.06 bits per heavy atom. The Morgan fingerprint density at radius 2 is 1.88 bits per heavy atom. The predicted octanol–water partition coefficient (Wildman–Crippen LogP) is 4.56. The van der Waals surface area contributed by atoms with Gasteiger partial charge in [-0.1, -0.05) is 24.3 Å². The van der Waals surface area contributed by atoms with Crippen LogP contribution in [0.4, 0.5) is 5.95 Å². The molecule has 0 aliphatic carbocycles. The van der Waals surface area contributed by atoms with Crippen molar-refractivity contribution < 1.29 is 4.79 Å². The normalized spacial score (nSPS) is 15.9. The predicted molar refractivity (Wildman–Crippen MR) is 132 cm³/mol. The van der Waals surface area contributed by atoms with E-state index < -0.39 is 0 Å². The van der Waals surface area contributed by atoms with E-state index in [0.717, 1.165) is 33.3 Å². The largest absolute Gasteiger partial charge is 0.360 e. The first-order chi connectivity index (χ1) is 16.7. The van der Waals surface area contributed by atoms with Gasteiger partial charge in [0.2, 0.25) is 11.9 Å². The number of anilines is 1. The van der Waals surface area contributed by atoms with Crippen molar-refractivity contribution in [1.82, 2.24) is 29.9 Å². The molecule has 1 saturated heterocycles. The number of nitrogens with one attached hydrogen (secondary N) is 1. The summed E-state index contributed by atoms with van der Waals surface area (Å²) in [5, 5.41) is 0.744. The van der Waals surface area contributed by atoms with E-state index in [1.165, 1.54) is 18.1 Å². The monoisotopic (exact) mass is 465 g/mol. The van der Waals surface area contributed by atoms with Gasteiger partial charge in [-0.05, 0) is 30.7 Å². The maximum absolute atomic E-state index is 13.1. The van der Waals surface area contributed by atoms with Gasteiger partial charge in [-0.25, -0.2) is 19.9 Å². The highest BCUT2D eigenvalue weighted by molar-refractivity contribution is 8.00. The second-order valence-corrected chi connectivity index (χ2v) is 9.01. The van der Waals surface area contributed by atoms with E-state index >= 15 is 0 Å². The average molecular weight is 466 g/mol. The number of fused-ring (bicyclic) bond motifs is 1. The van der Waals surface area contributed by atoms with Gasteiger partial charge in [0.25, 0.3) is 0 Å². The summed E-state index contributed by atoms with van der Waals surface area (Å²) in [5.41, 5.74) is 5.90. The van der Waals surface area contributed by atoms with Crippen LogP contribution in [0, 0.1) is 6.92 Å². The molecule has 0 spiro atoms. The summed E-state index contributed by atoms with van der Waals surface area (Å²) in [5.74, 6) is 0.628. The Kier molecular flexibility index (Phi) is 5.03. The van der Waals surface area contributed by atoms with E-state index in [4.69, 9.17) is 9.97 Å². The number of rotatable bonds is 4. The second-order valence-electron chi connectivity index (χ2n) is 7.95. The minimum Gasteiger partial charge on any atom is -0.360 e. The van der Waals surface area contributed by atoms with E-state index in [9.17, 15) is 4.79 Å². The van der Waals surface area contributed by atoms with E-state index in [1.807, 2.05) is 55.6 Å². The molecule has 1 atom stereocenters. The third-order valence-corrected chi connectivity index (χ3v) is 6.97. The van der Waals surface area contributed by atoms with Gasteiger partial charge in [-0.15, -0.1) is 11.8 Å². The lowest BCUT2D eigenvalue weighted by Gasteiger charge is -2.23. The number of thioether (sulfide) groups is 1. The molecule has 0 bridgehead atoms. The van der Waals surface area contributed by atoms with Crippen LogP contribution in [0.1, 0.15) is 16.6 Å². The molecular formula is C25H19N7OS. The number of aryl methyl sites for hydroxylation is 1. The highest BCUT2D eigenvalue weighted by Gasteiger charge is 2.38. The summed E-state index contributed by atoms with van der Waals surface area (Å²) in [6.07, 6.45) is 8.58. The molecule has 166 valence electrons. The molecule has 1 aliphatic rings. The van der Waals surface area contributed by atoms with Crippen molar-refractivity contribution in [2.75, 3.05) is 10.7 Å². The summed E-state index contributed by atoms with van der Waals surface area (Å²) in [7, 11) is 0. The van der Waals surface area contributed by atoms with Crippen LogP contribution in [0.15, 0.2) is 73.6 Å². The number of aromatic amines is 1. The Balaban J connectivity index is 1.55. The number of amides is 1. The summed E-state index contributed by atoms with van der Waals surface area (Å²) in [6.45, 7) is 2.00. The van der Waals surface area contributed by atoms with Crippen molar-refractivity contribution >= 4 is 34.5 Å². The number of carbonyl (C=O) groups excluding carboxylic acids is 1. The minimum absolute atomic E-state index is 0.0496. The minimum atomic E-state index is -0.299. The zero-order valence-electron chi connectivity index (χ0n) is 18.2. The van der Waals surface area contributed by atoms with Crippen molar-refractivity contribution in [3.8, 4) is 22.5 Å². The summed E-state index contributed by atoms with van der Waals surface area (Å²) < 4.78 is 0. The van der Waals surface area contributed by atoms with Crippen molar-refractivity contribution in [3.63, 3.8) is 0 Å². The molecule has 1 amide bonds. The summed E-state index contributed by atoms with van der Waals surface area (Å²) in [6, 6.07) is 13.9. The smallest absolute Gasteiger partial charge is 0.240 e. The fourth-order valence-electron chi connectivity index (χ4n) is 4.14. The molecule has 5 aromatic rings. The summed E-state index contributed by atoms with van der Waals surface area (Å²) in [4.78, 5) is 40.6. The van der Waals surface area contributed by atoms with Crippen LogP contribution in [0.2, 0.25) is 0 Å². The van der Waals surface area contributed by atoms with Crippen LogP contribution in [0.5, 0.6) is 0 Å².